The fourth-order valence-electron chi connectivity index (χ4n) is 5.04. The Labute approximate surface area is 220 Å². The second kappa shape index (κ2) is 11.2. The summed E-state index contributed by atoms with van der Waals surface area (Å²) in [5.74, 6) is 0.972. The van der Waals surface area contributed by atoms with Gasteiger partial charge in [-0.2, -0.15) is 28.1 Å². The summed E-state index contributed by atoms with van der Waals surface area (Å²) in [7, 11) is 0. The molecule has 1 fully saturated rings. The van der Waals surface area contributed by atoms with Crippen molar-refractivity contribution in [1.82, 2.24) is 15.0 Å². The number of hydrogen-bond acceptors (Lipinski definition) is 6. The molecule has 0 spiro atoms. The number of nitrogens with zero attached hydrogens (tertiary/aromatic N) is 3. The maximum absolute atomic E-state index is 13.5. The van der Waals surface area contributed by atoms with Gasteiger partial charge in [-0.15, -0.1) is 0 Å². The highest BCUT2D eigenvalue weighted by Gasteiger charge is 2.32. The lowest BCUT2D eigenvalue weighted by Crippen LogP contribution is -2.24. The van der Waals surface area contributed by atoms with Crippen molar-refractivity contribution in [1.29, 1.82) is 0 Å². The zero-order valence-corrected chi connectivity index (χ0v) is 21.2. The van der Waals surface area contributed by atoms with Crippen molar-refractivity contribution >= 4 is 28.6 Å². The number of fused-ring (bicyclic) bond motifs is 1. The minimum Gasteiger partial charge on any atom is -0.351 e. The summed E-state index contributed by atoms with van der Waals surface area (Å²) in [6, 6.07) is 20.0. The largest absolute Gasteiger partial charge is 0.416 e. The summed E-state index contributed by atoms with van der Waals surface area (Å²) >= 11 is 0. The Balaban J connectivity index is 1.41. The predicted molar refractivity (Wildman–Crippen MR) is 145 cm³/mol. The van der Waals surface area contributed by atoms with Crippen molar-refractivity contribution in [3.8, 4) is 0 Å². The van der Waals surface area contributed by atoms with Gasteiger partial charge < -0.3 is 16.0 Å². The number of benzene rings is 3. The number of anilines is 3. The number of aromatic nitrogens is 3. The van der Waals surface area contributed by atoms with E-state index in [9.17, 15) is 13.2 Å². The van der Waals surface area contributed by atoms with Crippen molar-refractivity contribution in [3.63, 3.8) is 0 Å². The lowest BCUT2D eigenvalue weighted by atomic mass is 9.96. The Morgan fingerprint density at radius 1 is 0.816 bits per heavy atom. The molecule has 1 heterocycles. The molecule has 0 aliphatic heterocycles. The van der Waals surface area contributed by atoms with Gasteiger partial charge in [-0.3, -0.25) is 0 Å². The zero-order chi connectivity index (χ0) is 26.5. The van der Waals surface area contributed by atoms with Crippen LogP contribution in [0, 0.1) is 0 Å². The molecular weight excluding hydrogens is 489 g/mol. The standard InChI is InChI=1S/C29H31F3N6/c1-19(23-16-9-12-20-10-5-7-15-24(20)23)34-27-36-26(37-28(38-27)35-22-13-3-2-4-14-22)33-18-21-11-6-8-17-25(21)29(30,31)32/h5-12,15-17,19,22H,2-4,13-14,18H2,1H3,(H3,33,34,35,36,37,38)/t19-/m1/s1. The molecule has 0 bridgehead atoms. The number of nitrogens with one attached hydrogen (secondary N) is 3. The van der Waals surface area contributed by atoms with Gasteiger partial charge >= 0.3 is 6.18 Å². The molecular formula is C29H31F3N6. The molecule has 1 saturated carbocycles. The number of halogens is 3. The van der Waals surface area contributed by atoms with Crippen molar-refractivity contribution in [2.24, 2.45) is 0 Å². The SMILES string of the molecule is C[C@@H](Nc1nc(NCc2ccccc2C(F)(F)F)nc(NC2CCCCC2)n1)c1cccc2ccccc12. The topological polar surface area (TPSA) is 74.8 Å². The van der Waals surface area contributed by atoms with Crippen molar-refractivity contribution < 1.29 is 13.2 Å². The van der Waals surface area contributed by atoms with Crippen LogP contribution < -0.4 is 16.0 Å². The van der Waals surface area contributed by atoms with E-state index >= 15 is 0 Å². The Morgan fingerprint density at radius 2 is 1.50 bits per heavy atom. The third-order valence-electron chi connectivity index (χ3n) is 6.97. The molecule has 1 aromatic heterocycles. The summed E-state index contributed by atoms with van der Waals surface area (Å²) < 4.78 is 40.5. The summed E-state index contributed by atoms with van der Waals surface area (Å²) in [4.78, 5) is 13.6. The minimum absolute atomic E-state index is 0.0686. The first-order valence-electron chi connectivity index (χ1n) is 13.0. The smallest absolute Gasteiger partial charge is 0.351 e. The molecule has 6 nitrogen and oxygen atoms in total. The zero-order valence-electron chi connectivity index (χ0n) is 21.2. The predicted octanol–water partition coefficient (Wildman–Crippen LogP) is 7.57. The lowest BCUT2D eigenvalue weighted by molar-refractivity contribution is -0.138. The fraction of sp³-hybridized carbons (Fsp3) is 0.345. The first-order chi connectivity index (χ1) is 18.4. The maximum atomic E-state index is 13.5. The molecule has 5 rings (SSSR count). The highest BCUT2D eigenvalue weighted by atomic mass is 19.4. The molecule has 0 unspecified atom stereocenters. The quantitative estimate of drug-likeness (QED) is 0.222. The van der Waals surface area contributed by atoms with E-state index in [1.54, 1.807) is 6.07 Å². The van der Waals surface area contributed by atoms with Gasteiger partial charge in [-0.25, -0.2) is 0 Å². The summed E-state index contributed by atoms with van der Waals surface area (Å²) in [5.41, 5.74) is 0.546. The molecule has 9 heteroatoms. The summed E-state index contributed by atoms with van der Waals surface area (Å²) in [6.45, 7) is 1.97. The van der Waals surface area contributed by atoms with Gasteiger partial charge in [0.15, 0.2) is 0 Å². The Morgan fingerprint density at radius 3 is 2.32 bits per heavy atom. The molecule has 198 valence electrons. The van der Waals surface area contributed by atoms with Crippen LogP contribution in [0.4, 0.5) is 31.0 Å². The molecule has 0 amide bonds. The van der Waals surface area contributed by atoms with Crippen molar-refractivity contribution in [2.45, 2.75) is 63.8 Å². The molecule has 38 heavy (non-hydrogen) atoms. The van der Waals surface area contributed by atoms with Crippen molar-refractivity contribution in [2.75, 3.05) is 16.0 Å². The van der Waals surface area contributed by atoms with Crippen LogP contribution in [0.5, 0.6) is 0 Å². The third-order valence-corrected chi connectivity index (χ3v) is 6.97. The van der Waals surface area contributed by atoms with Crippen LogP contribution in [-0.2, 0) is 12.7 Å². The highest BCUT2D eigenvalue weighted by molar-refractivity contribution is 5.86. The molecule has 1 atom stereocenters. The van der Waals surface area contributed by atoms with E-state index in [1.165, 1.54) is 18.6 Å². The van der Waals surface area contributed by atoms with E-state index in [1.807, 2.05) is 25.1 Å². The van der Waals surface area contributed by atoms with Crippen LogP contribution in [0.3, 0.4) is 0 Å². The monoisotopic (exact) mass is 520 g/mol. The Hall–Kier alpha value is -3.88. The van der Waals surface area contributed by atoms with Gasteiger partial charge in [-0.1, -0.05) is 79.9 Å². The van der Waals surface area contributed by atoms with Gasteiger partial charge in [0.25, 0.3) is 0 Å². The fourth-order valence-corrected chi connectivity index (χ4v) is 5.04. The molecule has 0 radical (unpaired) electrons. The van der Waals surface area contributed by atoms with E-state index in [0.717, 1.165) is 48.1 Å². The van der Waals surface area contributed by atoms with Gasteiger partial charge in [-0.05, 0) is 47.7 Å². The Kier molecular flexibility index (Phi) is 7.62. The average Bonchev–Trinajstić information content (AvgIpc) is 2.91. The van der Waals surface area contributed by atoms with Gasteiger partial charge in [0.1, 0.15) is 0 Å². The average molecular weight is 521 g/mol. The van der Waals surface area contributed by atoms with E-state index in [-0.39, 0.29) is 30.1 Å². The van der Waals surface area contributed by atoms with Gasteiger partial charge in [0.05, 0.1) is 11.6 Å². The Bertz CT molecular complexity index is 1380. The molecule has 3 aromatic carbocycles. The number of alkyl halides is 3. The second-order valence-corrected chi connectivity index (χ2v) is 9.73. The second-order valence-electron chi connectivity index (χ2n) is 9.73. The van der Waals surface area contributed by atoms with Gasteiger partial charge in [0.2, 0.25) is 17.8 Å². The molecule has 1 aliphatic carbocycles. The number of rotatable bonds is 8. The van der Waals surface area contributed by atoms with E-state index in [0.29, 0.717) is 11.9 Å². The van der Waals surface area contributed by atoms with E-state index in [2.05, 4.69) is 55.2 Å². The van der Waals surface area contributed by atoms with Crippen LogP contribution in [0.25, 0.3) is 10.8 Å². The third kappa shape index (κ3) is 6.15. The lowest BCUT2D eigenvalue weighted by Gasteiger charge is -2.23. The van der Waals surface area contributed by atoms with Gasteiger partial charge in [0, 0.05) is 12.6 Å². The van der Waals surface area contributed by atoms with Crippen LogP contribution in [0.2, 0.25) is 0 Å². The van der Waals surface area contributed by atoms with Crippen molar-refractivity contribution in [3.05, 3.63) is 83.4 Å². The van der Waals surface area contributed by atoms with E-state index in [4.69, 9.17) is 0 Å². The number of hydrogen-bond donors (Lipinski definition) is 3. The van der Waals surface area contributed by atoms with Crippen LogP contribution in [0.1, 0.15) is 61.8 Å². The first-order valence-corrected chi connectivity index (χ1v) is 13.0. The molecule has 1 aliphatic rings. The van der Waals surface area contributed by atoms with Crippen LogP contribution >= 0.6 is 0 Å². The maximum Gasteiger partial charge on any atom is 0.416 e. The van der Waals surface area contributed by atoms with Crippen LogP contribution in [0.15, 0.2) is 66.7 Å². The van der Waals surface area contributed by atoms with Crippen LogP contribution in [-0.4, -0.2) is 21.0 Å². The summed E-state index contributed by atoms with van der Waals surface area (Å²) in [6.07, 6.45) is 1.13. The molecule has 3 N–H and O–H groups in total. The normalized spacial score (nSPS) is 15.3. The highest BCUT2D eigenvalue weighted by Crippen LogP contribution is 2.32. The minimum atomic E-state index is -4.44. The molecule has 0 saturated heterocycles. The first kappa shape index (κ1) is 25.8. The summed E-state index contributed by atoms with van der Waals surface area (Å²) in [5, 5.41) is 12.1. The van der Waals surface area contributed by atoms with E-state index < -0.39 is 11.7 Å². The molecule has 4 aromatic rings.